The maximum atomic E-state index is 13.5. The minimum atomic E-state index is -0.565. The molecule has 1 fully saturated rings. The van der Waals surface area contributed by atoms with Gasteiger partial charge in [-0.05, 0) is 49.7 Å². The molecule has 0 aromatic heterocycles. The van der Waals surface area contributed by atoms with Crippen LogP contribution in [0.4, 0.5) is 10.1 Å². The van der Waals surface area contributed by atoms with E-state index in [2.05, 4.69) is 4.90 Å². The molecule has 0 aliphatic carbocycles. The third kappa shape index (κ3) is 5.54. The Hall–Kier alpha value is -3.39. The maximum absolute atomic E-state index is 13.5. The minimum Gasteiger partial charge on any atom is -0.463 e. The van der Waals surface area contributed by atoms with Gasteiger partial charge in [0, 0.05) is 54.9 Å². The van der Waals surface area contributed by atoms with E-state index >= 15 is 0 Å². The first-order chi connectivity index (χ1) is 17.3. The van der Waals surface area contributed by atoms with Crippen LogP contribution in [0, 0.1) is 5.82 Å². The van der Waals surface area contributed by atoms with Crippen molar-refractivity contribution in [2.75, 3.05) is 44.2 Å². The zero-order valence-corrected chi connectivity index (χ0v) is 21.1. The van der Waals surface area contributed by atoms with E-state index in [9.17, 15) is 18.8 Å². The zero-order chi connectivity index (χ0) is 25.8. The second-order valence-corrected chi connectivity index (χ2v) is 9.29. The number of carbonyl (C=O) groups is 3. The number of ether oxygens (including phenoxy) is 1. The second-order valence-electron chi connectivity index (χ2n) is 8.86. The quantitative estimate of drug-likeness (QED) is 0.546. The number of benzene rings is 2. The standard InChI is InChI=1S/C27H29ClFN3O4/c1-3-36-27(35)26-18(2)32(24(33)16-23(26)19-7-9-21(29)10-8-19)17-25(34)31-13-11-30(12-14-31)22-6-4-5-20(28)15-22/h4-10,15,23H,3,11-14,16-17H2,1-2H3. The molecule has 2 aromatic rings. The van der Waals surface area contributed by atoms with Gasteiger partial charge >= 0.3 is 5.97 Å². The maximum Gasteiger partial charge on any atom is 0.336 e. The number of halogens is 2. The molecule has 0 spiro atoms. The topological polar surface area (TPSA) is 70.2 Å². The Bertz CT molecular complexity index is 1180. The molecule has 36 heavy (non-hydrogen) atoms. The van der Waals surface area contributed by atoms with Gasteiger partial charge in [0.15, 0.2) is 0 Å². The van der Waals surface area contributed by atoms with E-state index in [4.69, 9.17) is 16.3 Å². The van der Waals surface area contributed by atoms with Gasteiger partial charge in [-0.15, -0.1) is 0 Å². The number of hydrogen-bond acceptors (Lipinski definition) is 5. The summed E-state index contributed by atoms with van der Waals surface area (Å²) in [5.74, 6) is -1.95. The minimum absolute atomic E-state index is 0.00700. The summed E-state index contributed by atoms with van der Waals surface area (Å²) >= 11 is 6.11. The van der Waals surface area contributed by atoms with Gasteiger partial charge in [0.05, 0.1) is 12.2 Å². The highest BCUT2D eigenvalue weighted by atomic mass is 35.5. The number of anilines is 1. The highest BCUT2D eigenvalue weighted by Gasteiger charge is 2.38. The predicted molar refractivity (Wildman–Crippen MR) is 135 cm³/mol. The summed E-state index contributed by atoms with van der Waals surface area (Å²) < 4.78 is 18.7. The van der Waals surface area contributed by atoms with E-state index < -0.39 is 17.7 Å². The van der Waals surface area contributed by atoms with Crippen LogP contribution < -0.4 is 4.90 Å². The highest BCUT2D eigenvalue weighted by molar-refractivity contribution is 6.30. The van der Waals surface area contributed by atoms with Crippen molar-refractivity contribution in [1.29, 1.82) is 0 Å². The normalized spacial score (nSPS) is 18.5. The lowest BCUT2D eigenvalue weighted by molar-refractivity contribution is -0.142. The van der Waals surface area contributed by atoms with Crippen LogP contribution in [-0.4, -0.2) is 66.9 Å². The molecule has 0 saturated carbocycles. The Kier molecular flexibility index (Phi) is 7.94. The third-order valence-electron chi connectivity index (χ3n) is 6.69. The molecule has 1 unspecified atom stereocenters. The fourth-order valence-corrected chi connectivity index (χ4v) is 4.96. The molecule has 0 N–H and O–H groups in total. The molecule has 190 valence electrons. The molecule has 2 amide bonds. The van der Waals surface area contributed by atoms with Gasteiger partial charge in [0.1, 0.15) is 12.4 Å². The van der Waals surface area contributed by atoms with Gasteiger partial charge in [-0.25, -0.2) is 9.18 Å². The van der Waals surface area contributed by atoms with Crippen molar-refractivity contribution in [3.05, 3.63) is 76.2 Å². The average Bonchev–Trinajstić information content (AvgIpc) is 2.86. The Morgan fingerprint density at radius 1 is 1.08 bits per heavy atom. The third-order valence-corrected chi connectivity index (χ3v) is 6.92. The first kappa shape index (κ1) is 25.7. The van der Waals surface area contributed by atoms with Crippen LogP contribution in [0.25, 0.3) is 0 Å². The molecule has 0 radical (unpaired) electrons. The molecule has 2 aliphatic rings. The number of hydrogen-bond donors (Lipinski definition) is 0. The number of allylic oxidation sites excluding steroid dienone is 1. The van der Waals surface area contributed by atoms with Crippen LogP contribution in [0.5, 0.6) is 0 Å². The van der Waals surface area contributed by atoms with Crippen molar-refractivity contribution in [2.24, 2.45) is 0 Å². The molecule has 9 heteroatoms. The van der Waals surface area contributed by atoms with Crippen LogP contribution in [0.1, 0.15) is 31.7 Å². The summed E-state index contributed by atoms with van der Waals surface area (Å²) in [6.07, 6.45) is -0.00700. The zero-order valence-electron chi connectivity index (χ0n) is 20.4. The van der Waals surface area contributed by atoms with Crippen LogP contribution in [-0.2, 0) is 19.1 Å². The molecule has 4 rings (SSSR count). The highest BCUT2D eigenvalue weighted by Crippen LogP contribution is 2.37. The SMILES string of the molecule is CCOC(=O)C1=C(C)N(CC(=O)N2CCN(c3cccc(Cl)c3)CC2)C(=O)CC1c1ccc(F)cc1. The van der Waals surface area contributed by atoms with E-state index in [0.29, 0.717) is 48.0 Å². The summed E-state index contributed by atoms with van der Waals surface area (Å²) in [5, 5.41) is 0.660. The van der Waals surface area contributed by atoms with Crippen LogP contribution in [0.15, 0.2) is 59.8 Å². The van der Waals surface area contributed by atoms with Crippen molar-refractivity contribution in [3.63, 3.8) is 0 Å². The fourth-order valence-electron chi connectivity index (χ4n) is 4.78. The molecule has 2 aromatic carbocycles. The number of amides is 2. The van der Waals surface area contributed by atoms with E-state index in [0.717, 1.165) is 5.69 Å². The number of rotatable bonds is 6. The van der Waals surface area contributed by atoms with E-state index in [1.165, 1.54) is 17.0 Å². The molecule has 2 aliphatic heterocycles. The Balaban J connectivity index is 1.50. The number of nitrogens with zero attached hydrogens (tertiary/aromatic N) is 3. The average molecular weight is 514 g/mol. The van der Waals surface area contributed by atoms with Gasteiger partial charge < -0.3 is 19.4 Å². The smallest absolute Gasteiger partial charge is 0.336 e. The fraction of sp³-hybridized carbons (Fsp3) is 0.370. The molecule has 0 bridgehead atoms. The molecular formula is C27H29ClFN3O4. The molecule has 1 saturated heterocycles. The van der Waals surface area contributed by atoms with Gasteiger partial charge in [0.2, 0.25) is 11.8 Å². The summed E-state index contributed by atoms with van der Waals surface area (Å²) in [5.41, 5.74) is 2.37. The molecule has 7 nitrogen and oxygen atoms in total. The van der Waals surface area contributed by atoms with Crippen LogP contribution in [0.3, 0.4) is 0 Å². The van der Waals surface area contributed by atoms with Gasteiger partial charge in [-0.2, -0.15) is 0 Å². The lowest BCUT2D eigenvalue weighted by atomic mass is 9.83. The predicted octanol–water partition coefficient (Wildman–Crippen LogP) is 3.98. The number of piperazine rings is 1. The van der Waals surface area contributed by atoms with Crippen LogP contribution >= 0.6 is 11.6 Å². The molecule has 2 heterocycles. The molecular weight excluding hydrogens is 485 g/mol. The van der Waals surface area contributed by atoms with Crippen LogP contribution in [0.2, 0.25) is 5.02 Å². The first-order valence-corrected chi connectivity index (χ1v) is 12.4. The van der Waals surface area contributed by atoms with Crippen molar-refractivity contribution >= 4 is 35.1 Å². The summed E-state index contributed by atoms with van der Waals surface area (Å²) in [4.78, 5) is 44.5. The Morgan fingerprint density at radius 2 is 1.78 bits per heavy atom. The lowest BCUT2D eigenvalue weighted by Gasteiger charge is -2.38. The van der Waals surface area contributed by atoms with E-state index in [1.807, 2.05) is 24.3 Å². The number of carbonyl (C=O) groups excluding carboxylic acids is 3. The first-order valence-electron chi connectivity index (χ1n) is 12.0. The number of esters is 1. The van der Waals surface area contributed by atoms with Crippen molar-refractivity contribution in [1.82, 2.24) is 9.80 Å². The molecule has 1 atom stereocenters. The summed E-state index contributed by atoms with van der Waals surface area (Å²) in [7, 11) is 0. The second kappa shape index (κ2) is 11.1. The summed E-state index contributed by atoms with van der Waals surface area (Å²) in [6, 6.07) is 13.3. The van der Waals surface area contributed by atoms with Gasteiger partial charge in [-0.3, -0.25) is 9.59 Å². The Morgan fingerprint density at radius 3 is 2.42 bits per heavy atom. The monoisotopic (exact) mass is 513 g/mol. The van der Waals surface area contributed by atoms with Crippen molar-refractivity contribution in [2.45, 2.75) is 26.2 Å². The Labute approximate surface area is 215 Å². The van der Waals surface area contributed by atoms with E-state index in [1.54, 1.807) is 30.9 Å². The van der Waals surface area contributed by atoms with Crippen molar-refractivity contribution in [3.8, 4) is 0 Å². The largest absolute Gasteiger partial charge is 0.463 e. The van der Waals surface area contributed by atoms with Gasteiger partial charge in [0.25, 0.3) is 0 Å². The van der Waals surface area contributed by atoms with E-state index in [-0.39, 0.29) is 31.4 Å². The lowest BCUT2D eigenvalue weighted by Crippen LogP contribution is -2.52. The van der Waals surface area contributed by atoms with Crippen molar-refractivity contribution < 1.29 is 23.5 Å². The van der Waals surface area contributed by atoms with Gasteiger partial charge in [-0.1, -0.05) is 29.8 Å². The summed E-state index contributed by atoms with van der Waals surface area (Å²) in [6.45, 7) is 5.71.